The Kier molecular flexibility index (Phi) is 5.57. The molecular formula is C21H22ClNO2. The van der Waals surface area contributed by atoms with E-state index in [1.165, 1.54) is 11.1 Å². The highest BCUT2D eigenvalue weighted by Crippen LogP contribution is 2.26. The molecule has 0 saturated heterocycles. The van der Waals surface area contributed by atoms with Crippen LogP contribution in [0.5, 0.6) is 5.75 Å². The topological polar surface area (TPSA) is 40.5 Å². The Morgan fingerprint density at radius 1 is 1.16 bits per heavy atom. The summed E-state index contributed by atoms with van der Waals surface area (Å²) >= 11 is 5.96. The van der Waals surface area contributed by atoms with Crippen LogP contribution >= 0.6 is 11.6 Å². The van der Waals surface area contributed by atoms with Crippen molar-refractivity contribution in [2.45, 2.75) is 25.8 Å². The van der Waals surface area contributed by atoms with Gasteiger partial charge in [-0.05, 0) is 60.4 Å². The third-order valence-corrected chi connectivity index (χ3v) is 4.99. The molecule has 25 heavy (non-hydrogen) atoms. The van der Waals surface area contributed by atoms with Gasteiger partial charge in [-0.3, -0.25) is 9.69 Å². The van der Waals surface area contributed by atoms with Crippen LogP contribution in [0.25, 0.3) is 5.57 Å². The molecule has 0 saturated carbocycles. The van der Waals surface area contributed by atoms with Crippen LogP contribution in [-0.2, 0) is 0 Å². The summed E-state index contributed by atoms with van der Waals surface area (Å²) in [6, 6.07) is 14.3. The van der Waals surface area contributed by atoms with Gasteiger partial charge in [0.1, 0.15) is 5.75 Å². The molecule has 1 N–H and O–H groups in total. The predicted molar refractivity (Wildman–Crippen MR) is 102 cm³/mol. The summed E-state index contributed by atoms with van der Waals surface area (Å²) in [5.74, 6) is 0.295. The summed E-state index contributed by atoms with van der Waals surface area (Å²) in [6.07, 6.45) is 3.89. The van der Waals surface area contributed by atoms with E-state index in [0.717, 1.165) is 31.0 Å². The van der Waals surface area contributed by atoms with Gasteiger partial charge in [0.05, 0.1) is 6.04 Å². The van der Waals surface area contributed by atoms with E-state index < -0.39 is 0 Å². The zero-order chi connectivity index (χ0) is 17.8. The highest BCUT2D eigenvalue weighted by Gasteiger charge is 2.26. The number of hydrogen-bond acceptors (Lipinski definition) is 3. The van der Waals surface area contributed by atoms with Crippen LogP contribution in [0.3, 0.4) is 0 Å². The summed E-state index contributed by atoms with van der Waals surface area (Å²) in [7, 11) is 0. The summed E-state index contributed by atoms with van der Waals surface area (Å²) < 4.78 is 0. The third-order valence-electron chi connectivity index (χ3n) is 4.74. The lowest BCUT2D eigenvalue weighted by Crippen LogP contribution is -2.43. The summed E-state index contributed by atoms with van der Waals surface area (Å²) in [5.41, 5.74) is 3.15. The van der Waals surface area contributed by atoms with Gasteiger partial charge in [0.15, 0.2) is 5.78 Å². The second-order valence-electron chi connectivity index (χ2n) is 6.32. The van der Waals surface area contributed by atoms with Gasteiger partial charge in [-0.1, -0.05) is 36.7 Å². The van der Waals surface area contributed by atoms with Gasteiger partial charge in [-0.15, -0.1) is 0 Å². The number of carbonyl (C=O) groups excluding carboxylic acids is 1. The van der Waals surface area contributed by atoms with Crippen molar-refractivity contribution in [3.8, 4) is 5.75 Å². The van der Waals surface area contributed by atoms with E-state index in [2.05, 4.69) is 11.0 Å². The molecule has 2 aromatic rings. The van der Waals surface area contributed by atoms with Gasteiger partial charge in [-0.2, -0.15) is 0 Å². The van der Waals surface area contributed by atoms with E-state index in [4.69, 9.17) is 11.6 Å². The van der Waals surface area contributed by atoms with Crippen LogP contribution in [0.1, 0.15) is 35.7 Å². The van der Waals surface area contributed by atoms with Gasteiger partial charge in [-0.25, -0.2) is 0 Å². The number of ketones is 1. The lowest BCUT2D eigenvalue weighted by atomic mass is 9.95. The molecule has 0 fully saturated rings. The fourth-order valence-electron chi connectivity index (χ4n) is 3.32. The molecule has 0 aliphatic carbocycles. The van der Waals surface area contributed by atoms with Crippen LogP contribution in [0.15, 0.2) is 54.6 Å². The highest BCUT2D eigenvalue weighted by molar-refractivity contribution is 6.30. The van der Waals surface area contributed by atoms with E-state index in [-0.39, 0.29) is 17.6 Å². The number of Topliss-reactive ketones (excluding diaryl/α,β-unsaturated/α-hetero) is 1. The predicted octanol–water partition coefficient (Wildman–Crippen LogP) is 4.80. The lowest BCUT2D eigenvalue weighted by molar-refractivity contribution is 0.0826. The molecule has 0 radical (unpaired) electrons. The van der Waals surface area contributed by atoms with Crippen molar-refractivity contribution in [3.63, 3.8) is 0 Å². The quantitative estimate of drug-likeness (QED) is 0.783. The van der Waals surface area contributed by atoms with E-state index >= 15 is 0 Å². The van der Waals surface area contributed by atoms with Crippen molar-refractivity contribution in [2.75, 3.05) is 13.1 Å². The number of nitrogens with zero attached hydrogens (tertiary/aromatic N) is 1. The van der Waals surface area contributed by atoms with Gasteiger partial charge in [0, 0.05) is 23.7 Å². The molecule has 0 aromatic heterocycles. The zero-order valence-corrected chi connectivity index (χ0v) is 15.0. The van der Waals surface area contributed by atoms with Gasteiger partial charge >= 0.3 is 0 Å². The minimum atomic E-state index is -0.132. The average molecular weight is 356 g/mol. The van der Waals surface area contributed by atoms with Crippen molar-refractivity contribution in [3.05, 3.63) is 70.8 Å². The van der Waals surface area contributed by atoms with Crippen molar-refractivity contribution in [1.29, 1.82) is 0 Å². The Hall–Kier alpha value is -2.10. The first-order valence-corrected chi connectivity index (χ1v) is 8.98. The zero-order valence-electron chi connectivity index (χ0n) is 14.3. The molecule has 0 spiro atoms. The van der Waals surface area contributed by atoms with Gasteiger partial charge in [0.2, 0.25) is 0 Å². The molecule has 0 bridgehead atoms. The average Bonchev–Trinajstić information content (AvgIpc) is 2.64. The van der Waals surface area contributed by atoms with Crippen LogP contribution in [0, 0.1) is 0 Å². The summed E-state index contributed by atoms with van der Waals surface area (Å²) in [6.45, 7) is 3.67. The van der Waals surface area contributed by atoms with E-state index in [9.17, 15) is 9.90 Å². The number of phenolic OH excluding ortho intramolecular Hbond substituents is 1. The lowest BCUT2D eigenvalue weighted by Gasteiger charge is -2.32. The Morgan fingerprint density at radius 2 is 1.84 bits per heavy atom. The number of aromatic hydroxyl groups is 1. The van der Waals surface area contributed by atoms with Crippen LogP contribution in [-0.4, -0.2) is 34.9 Å². The molecule has 4 heteroatoms. The number of benzene rings is 2. The Morgan fingerprint density at radius 3 is 2.40 bits per heavy atom. The largest absolute Gasteiger partial charge is 0.508 e. The Balaban J connectivity index is 1.72. The number of phenols is 1. The van der Waals surface area contributed by atoms with E-state index in [0.29, 0.717) is 5.56 Å². The normalized spacial score (nSPS) is 16.3. The second-order valence-corrected chi connectivity index (χ2v) is 6.75. The first-order chi connectivity index (χ1) is 12.1. The first-order valence-electron chi connectivity index (χ1n) is 8.60. The van der Waals surface area contributed by atoms with E-state index in [1.807, 2.05) is 31.2 Å². The Labute approximate surface area is 153 Å². The van der Waals surface area contributed by atoms with Crippen molar-refractivity contribution < 1.29 is 9.90 Å². The van der Waals surface area contributed by atoms with Crippen LogP contribution in [0.4, 0.5) is 0 Å². The van der Waals surface area contributed by atoms with Crippen LogP contribution in [0.2, 0.25) is 5.02 Å². The fourth-order valence-corrected chi connectivity index (χ4v) is 3.45. The second kappa shape index (κ2) is 7.85. The molecule has 0 amide bonds. The van der Waals surface area contributed by atoms with Crippen LogP contribution < -0.4 is 0 Å². The maximum Gasteiger partial charge on any atom is 0.179 e. The third kappa shape index (κ3) is 4.12. The summed E-state index contributed by atoms with van der Waals surface area (Å²) in [4.78, 5) is 15.0. The first kappa shape index (κ1) is 17.7. The fraction of sp³-hybridized carbons (Fsp3) is 0.286. The maximum atomic E-state index is 12.8. The Bertz CT molecular complexity index is 765. The molecule has 3 rings (SSSR count). The molecule has 3 nitrogen and oxygen atoms in total. The molecule has 1 atom stereocenters. The molecule has 1 aliphatic heterocycles. The maximum absolute atomic E-state index is 12.8. The summed E-state index contributed by atoms with van der Waals surface area (Å²) in [5, 5.41) is 10.1. The van der Waals surface area contributed by atoms with Crippen molar-refractivity contribution in [1.82, 2.24) is 4.90 Å². The van der Waals surface area contributed by atoms with Crippen molar-refractivity contribution >= 4 is 23.0 Å². The monoisotopic (exact) mass is 355 g/mol. The van der Waals surface area contributed by atoms with Gasteiger partial charge in [0.25, 0.3) is 0 Å². The molecule has 1 aliphatic rings. The number of hydrogen-bond donors (Lipinski definition) is 1. The molecule has 1 heterocycles. The number of carbonyl (C=O) groups is 1. The number of halogens is 1. The highest BCUT2D eigenvalue weighted by atomic mass is 35.5. The van der Waals surface area contributed by atoms with E-state index in [1.54, 1.807) is 24.3 Å². The standard InChI is InChI=1S/C21H22ClNO2/c1-2-20(21(25)17-5-9-19(24)10-6-17)23-13-11-16(12-14-23)15-3-7-18(22)8-4-15/h3-11,20,24H,2,12-14H2,1H3. The molecule has 2 aromatic carbocycles. The smallest absolute Gasteiger partial charge is 0.179 e. The molecule has 130 valence electrons. The molecular weight excluding hydrogens is 334 g/mol. The number of rotatable bonds is 5. The minimum absolute atomic E-state index is 0.117. The van der Waals surface area contributed by atoms with Gasteiger partial charge < -0.3 is 5.11 Å². The minimum Gasteiger partial charge on any atom is -0.508 e. The van der Waals surface area contributed by atoms with Crippen molar-refractivity contribution in [2.24, 2.45) is 0 Å². The molecule has 1 unspecified atom stereocenters. The SMILES string of the molecule is CCC(C(=O)c1ccc(O)cc1)N1CC=C(c2ccc(Cl)cc2)CC1.